The van der Waals surface area contributed by atoms with E-state index in [9.17, 15) is 8.42 Å². The molecule has 0 radical (unpaired) electrons. The average Bonchev–Trinajstić information content (AvgIpc) is 3.17. The maximum Gasteiger partial charge on any atom is 0.297 e. The molecule has 3 aliphatic carbocycles. The van der Waals surface area contributed by atoms with Gasteiger partial charge in [0.15, 0.2) is 0 Å². The SMILES string of the molecule is COCO[C@H]1CC(COS(=O)(=O)c2ccccc2C)[C@H]2[C@@H]3CCc4cc(OC)ccc4[C@H]3CC[C@]12C. The van der Waals surface area contributed by atoms with Crippen LogP contribution in [0.3, 0.4) is 0 Å². The lowest BCUT2D eigenvalue weighted by Crippen LogP contribution is -2.46. The molecule has 2 fully saturated rings. The standard InChI is InChI=1S/C29H38O6S/c1-19-7-5-6-8-26(19)36(30,31)35-17-21-16-27(34-18-32-3)29(2)14-13-24-23-12-10-22(33-4)15-20(23)9-11-25(24)28(21)29/h5-8,10,12,15,21,24-25,27-28H,9,11,13-14,16-18H2,1-4H3/t21?,24-,25-,27+,28+,29-/m1/s1. The van der Waals surface area contributed by atoms with Crippen LogP contribution in [0.15, 0.2) is 47.4 Å². The lowest BCUT2D eigenvalue weighted by molar-refractivity contribution is -0.125. The lowest BCUT2D eigenvalue weighted by Gasteiger charge is -2.51. The molecule has 196 valence electrons. The van der Waals surface area contributed by atoms with Crippen molar-refractivity contribution in [3.63, 3.8) is 0 Å². The molecule has 6 nitrogen and oxygen atoms in total. The summed E-state index contributed by atoms with van der Waals surface area (Å²) in [5.41, 5.74) is 3.48. The van der Waals surface area contributed by atoms with Gasteiger partial charge in [-0.2, -0.15) is 8.42 Å². The van der Waals surface area contributed by atoms with Gasteiger partial charge in [0.25, 0.3) is 10.1 Å². The molecule has 0 spiro atoms. The first-order chi connectivity index (χ1) is 17.3. The van der Waals surface area contributed by atoms with E-state index in [0.29, 0.717) is 23.3 Å². The van der Waals surface area contributed by atoms with E-state index >= 15 is 0 Å². The fourth-order valence-corrected chi connectivity index (χ4v) is 8.76. The molecule has 1 unspecified atom stereocenters. The van der Waals surface area contributed by atoms with Crippen molar-refractivity contribution in [1.29, 1.82) is 0 Å². The van der Waals surface area contributed by atoms with E-state index in [1.807, 2.05) is 6.07 Å². The Morgan fingerprint density at radius 1 is 1.08 bits per heavy atom. The van der Waals surface area contributed by atoms with Crippen LogP contribution in [0.4, 0.5) is 0 Å². The van der Waals surface area contributed by atoms with Gasteiger partial charge in [0.2, 0.25) is 0 Å². The van der Waals surface area contributed by atoms with E-state index in [4.69, 9.17) is 18.4 Å². The predicted molar refractivity (Wildman–Crippen MR) is 138 cm³/mol. The number of benzene rings is 2. The van der Waals surface area contributed by atoms with Gasteiger partial charge in [-0.25, -0.2) is 0 Å². The summed E-state index contributed by atoms with van der Waals surface area (Å²) in [4.78, 5) is 0.250. The van der Waals surface area contributed by atoms with Gasteiger partial charge < -0.3 is 14.2 Å². The van der Waals surface area contributed by atoms with Gasteiger partial charge in [0.1, 0.15) is 12.5 Å². The Morgan fingerprint density at radius 3 is 2.64 bits per heavy atom. The normalized spacial score (nSPS) is 31.4. The monoisotopic (exact) mass is 514 g/mol. The van der Waals surface area contributed by atoms with E-state index in [1.54, 1.807) is 39.3 Å². The van der Waals surface area contributed by atoms with Gasteiger partial charge in [0, 0.05) is 7.11 Å². The fraction of sp³-hybridized carbons (Fsp3) is 0.586. The molecule has 2 aromatic carbocycles. The molecule has 0 saturated heterocycles. The molecule has 5 rings (SSSR count). The maximum atomic E-state index is 13.1. The van der Waals surface area contributed by atoms with Crippen LogP contribution in [0.2, 0.25) is 0 Å². The smallest absolute Gasteiger partial charge is 0.297 e. The van der Waals surface area contributed by atoms with Crippen LogP contribution in [0, 0.1) is 30.1 Å². The summed E-state index contributed by atoms with van der Waals surface area (Å²) in [5, 5.41) is 0. The van der Waals surface area contributed by atoms with Gasteiger partial charge in [-0.15, -0.1) is 0 Å². The van der Waals surface area contributed by atoms with E-state index in [-0.39, 0.29) is 35.7 Å². The Balaban J connectivity index is 1.43. The van der Waals surface area contributed by atoms with Crippen LogP contribution < -0.4 is 4.74 Å². The van der Waals surface area contributed by atoms with Crippen molar-refractivity contribution >= 4 is 10.1 Å². The number of hydrogen-bond acceptors (Lipinski definition) is 6. The molecule has 0 aromatic heterocycles. The summed E-state index contributed by atoms with van der Waals surface area (Å²) in [5.74, 6) is 2.27. The maximum absolute atomic E-state index is 13.1. The first-order valence-corrected chi connectivity index (χ1v) is 14.4. The van der Waals surface area contributed by atoms with E-state index < -0.39 is 10.1 Å². The van der Waals surface area contributed by atoms with Gasteiger partial charge in [0.05, 0.1) is 24.7 Å². The zero-order valence-corrected chi connectivity index (χ0v) is 22.6. The highest BCUT2D eigenvalue weighted by atomic mass is 32.2. The second-order valence-corrected chi connectivity index (χ2v) is 12.6. The number of methoxy groups -OCH3 is 2. The summed E-state index contributed by atoms with van der Waals surface area (Å²) >= 11 is 0. The second kappa shape index (κ2) is 10.1. The summed E-state index contributed by atoms with van der Waals surface area (Å²) < 4.78 is 49.0. The van der Waals surface area contributed by atoms with Gasteiger partial charge in [-0.1, -0.05) is 31.2 Å². The molecule has 7 heteroatoms. The summed E-state index contributed by atoms with van der Waals surface area (Å²) in [6.45, 7) is 4.58. The second-order valence-electron chi connectivity index (χ2n) is 11.0. The molecular weight excluding hydrogens is 476 g/mol. The van der Waals surface area contributed by atoms with Crippen molar-refractivity contribution in [3.8, 4) is 5.75 Å². The number of aryl methyl sites for hydroxylation is 2. The van der Waals surface area contributed by atoms with Crippen LogP contribution in [0.1, 0.15) is 55.2 Å². The third kappa shape index (κ3) is 4.49. The molecule has 3 aliphatic rings. The zero-order chi connectivity index (χ0) is 25.5. The van der Waals surface area contributed by atoms with Gasteiger partial charge in [-0.3, -0.25) is 4.18 Å². The van der Waals surface area contributed by atoms with Crippen molar-refractivity contribution < 1.29 is 26.8 Å². The first kappa shape index (κ1) is 25.7. The Morgan fingerprint density at radius 2 is 1.89 bits per heavy atom. The van der Waals surface area contributed by atoms with Crippen LogP contribution in [0.25, 0.3) is 0 Å². The van der Waals surface area contributed by atoms with E-state index in [0.717, 1.165) is 37.9 Å². The van der Waals surface area contributed by atoms with Crippen molar-refractivity contribution in [2.75, 3.05) is 27.6 Å². The summed E-state index contributed by atoms with van der Waals surface area (Å²) in [7, 11) is -0.473. The minimum absolute atomic E-state index is 0.0235. The molecule has 0 bridgehead atoms. The number of rotatable bonds is 8. The minimum atomic E-state index is -3.84. The molecule has 36 heavy (non-hydrogen) atoms. The summed E-state index contributed by atoms with van der Waals surface area (Å²) in [6, 6.07) is 13.5. The zero-order valence-electron chi connectivity index (χ0n) is 21.7. The fourth-order valence-electron chi connectivity index (χ4n) is 7.58. The largest absolute Gasteiger partial charge is 0.497 e. The van der Waals surface area contributed by atoms with Gasteiger partial charge in [-0.05, 0) is 103 Å². The van der Waals surface area contributed by atoms with Gasteiger partial charge >= 0.3 is 0 Å². The molecule has 0 aliphatic heterocycles. The molecule has 0 heterocycles. The Hall–Kier alpha value is -1.93. The quantitative estimate of drug-likeness (QED) is 0.343. The third-order valence-electron chi connectivity index (χ3n) is 9.18. The molecular formula is C29H38O6S. The predicted octanol–water partition coefficient (Wildman–Crippen LogP) is 5.48. The lowest BCUT2D eigenvalue weighted by atomic mass is 9.54. The van der Waals surface area contributed by atoms with E-state index in [2.05, 4.69) is 25.1 Å². The summed E-state index contributed by atoms with van der Waals surface area (Å²) in [6.07, 6.45) is 5.06. The first-order valence-electron chi connectivity index (χ1n) is 13.0. The highest BCUT2D eigenvalue weighted by Crippen LogP contribution is 2.63. The van der Waals surface area contributed by atoms with Crippen molar-refractivity contribution in [1.82, 2.24) is 0 Å². The molecule has 2 aromatic rings. The minimum Gasteiger partial charge on any atom is -0.497 e. The van der Waals surface area contributed by atoms with Crippen molar-refractivity contribution in [2.24, 2.45) is 23.2 Å². The van der Waals surface area contributed by atoms with Crippen molar-refractivity contribution in [2.45, 2.75) is 62.9 Å². The highest BCUT2D eigenvalue weighted by molar-refractivity contribution is 7.86. The average molecular weight is 515 g/mol. The van der Waals surface area contributed by atoms with Crippen LogP contribution in [-0.4, -0.2) is 42.1 Å². The molecule has 2 saturated carbocycles. The molecule has 0 N–H and O–H groups in total. The number of hydrogen-bond donors (Lipinski definition) is 0. The highest BCUT2D eigenvalue weighted by Gasteiger charge is 2.59. The Labute approximate surface area is 215 Å². The Bertz CT molecular complexity index is 1190. The van der Waals surface area contributed by atoms with Crippen LogP contribution >= 0.6 is 0 Å². The van der Waals surface area contributed by atoms with Crippen LogP contribution in [0.5, 0.6) is 5.75 Å². The molecule has 6 atom stereocenters. The van der Waals surface area contributed by atoms with Crippen molar-refractivity contribution in [3.05, 3.63) is 59.2 Å². The van der Waals surface area contributed by atoms with E-state index in [1.165, 1.54) is 11.1 Å². The third-order valence-corrected chi connectivity index (χ3v) is 10.6. The number of fused-ring (bicyclic) bond motifs is 5. The topological polar surface area (TPSA) is 71.1 Å². The Kier molecular flexibility index (Phi) is 7.20. The number of ether oxygens (including phenoxy) is 3. The van der Waals surface area contributed by atoms with Crippen LogP contribution in [-0.2, 0) is 30.2 Å². The molecule has 0 amide bonds.